The van der Waals surface area contributed by atoms with Crippen LogP contribution >= 0.6 is 0 Å². The maximum Gasteiger partial charge on any atom is 1.00 e. The van der Waals surface area contributed by atoms with Crippen molar-refractivity contribution in [1.29, 1.82) is 0 Å². The second-order valence-corrected chi connectivity index (χ2v) is 8.80. The number of rotatable bonds is 18. The first-order valence-electron chi connectivity index (χ1n) is 10.1. The molecular weight excluding hydrogens is 361 g/mol. The standard InChI is InChI=1S/C19H39NO4S.Na.H/c1-2-3-4-5-6-7-8-9-10-11-12-13-14-15-18(21)16-19(17-20)25(22,23)24;;/h19H,2-17,20H2,1H3,(H,22,23,24);;/q;+1;-1. The number of hydrogen-bond acceptors (Lipinski definition) is 4. The molecule has 5 nitrogen and oxygen atoms in total. The molecule has 0 radical (unpaired) electrons. The van der Waals surface area contributed by atoms with E-state index in [1.807, 2.05) is 0 Å². The Morgan fingerprint density at radius 2 is 1.27 bits per heavy atom. The summed E-state index contributed by atoms with van der Waals surface area (Å²) < 4.78 is 31.0. The second kappa shape index (κ2) is 18.9. The summed E-state index contributed by atoms with van der Waals surface area (Å²) >= 11 is 0. The van der Waals surface area contributed by atoms with Gasteiger partial charge in [0.2, 0.25) is 0 Å². The van der Waals surface area contributed by atoms with Gasteiger partial charge in [-0.1, -0.05) is 84.0 Å². The van der Waals surface area contributed by atoms with Crippen LogP contribution in [0.1, 0.15) is 105 Å². The predicted molar refractivity (Wildman–Crippen MR) is 105 cm³/mol. The maximum absolute atomic E-state index is 11.7. The zero-order chi connectivity index (χ0) is 19.0. The van der Waals surface area contributed by atoms with Crippen molar-refractivity contribution in [1.82, 2.24) is 0 Å². The van der Waals surface area contributed by atoms with Crippen molar-refractivity contribution in [3.8, 4) is 0 Å². The van der Waals surface area contributed by atoms with Crippen molar-refractivity contribution < 1.29 is 48.7 Å². The number of Topliss-reactive ketones (excluding diaryl/α,β-unsaturated/α-hetero) is 1. The third kappa shape index (κ3) is 17.9. The van der Waals surface area contributed by atoms with Gasteiger partial charge < -0.3 is 7.16 Å². The monoisotopic (exact) mass is 401 g/mol. The van der Waals surface area contributed by atoms with Gasteiger partial charge in [-0.3, -0.25) is 9.35 Å². The van der Waals surface area contributed by atoms with Crippen LogP contribution in [0.2, 0.25) is 0 Å². The first kappa shape index (κ1) is 28.7. The first-order chi connectivity index (χ1) is 11.9. The Kier molecular flexibility index (Phi) is 20.9. The molecule has 1 atom stereocenters. The average molecular weight is 402 g/mol. The van der Waals surface area contributed by atoms with Gasteiger partial charge in [0, 0.05) is 19.4 Å². The molecule has 0 saturated carbocycles. The molecule has 0 heterocycles. The minimum Gasteiger partial charge on any atom is -1.00 e. The van der Waals surface area contributed by atoms with Crippen molar-refractivity contribution >= 4 is 15.9 Å². The normalized spacial score (nSPS) is 12.6. The van der Waals surface area contributed by atoms with Crippen LogP contribution in [0.15, 0.2) is 0 Å². The van der Waals surface area contributed by atoms with E-state index in [1.165, 1.54) is 64.2 Å². The minimum absolute atomic E-state index is 0. The molecule has 0 aliphatic rings. The van der Waals surface area contributed by atoms with Crippen LogP contribution in [0.4, 0.5) is 0 Å². The van der Waals surface area contributed by atoms with Gasteiger partial charge in [-0.2, -0.15) is 8.42 Å². The number of carbonyl (C=O) groups is 1. The van der Waals surface area contributed by atoms with Crippen LogP contribution in [0.5, 0.6) is 0 Å². The van der Waals surface area contributed by atoms with E-state index in [-0.39, 0.29) is 49.7 Å². The number of carbonyl (C=O) groups excluding carboxylic acids is 1. The molecule has 0 aliphatic carbocycles. The summed E-state index contributed by atoms with van der Waals surface area (Å²) in [5, 5.41) is -1.15. The third-order valence-electron chi connectivity index (χ3n) is 4.70. The summed E-state index contributed by atoms with van der Waals surface area (Å²) in [4.78, 5) is 11.7. The number of unbranched alkanes of at least 4 members (excludes halogenated alkanes) is 12. The molecule has 0 rings (SSSR count). The summed E-state index contributed by atoms with van der Waals surface area (Å²) in [5.41, 5.74) is 5.29. The molecule has 0 aromatic rings. The molecule has 26 heavy (non-hydrogen) atoms. The molecular formula is C19H40NNaO4S. The van der Waals surface area contributed by atoms with Gasteiger partial charge in [-0.15, -0.1) is 0 Å². The van der Waals surface area contributed by atoms with E-state index < -0.39 is 15.4 Å². The summed E-state index contributed by atoms with van der Waals surface area (Å²) in [6, 6.07) is 0. The zero-order valence-electron chi connectivity index (χ0n) is 18.0. The van der Waals surface area contributed by atoms with E-state index in [0.717, 1.165) is 19.3 Å². The molecule has 0 bridgehead atoms. The Labute approximate surface area is 184 Å². The van der Waals surface area contributed by atoms with E-state index in [0.29, 0.717) is 6.42 Å². The van der Waals surface area contributed by atoms with E-state index in [9.17, 15) is 13.2 Å². The molecule has 0 aromatic carbocycles. The Hall–Kier alpha value is 0.540. The molecule has 152 valence electrons. The van der Waals surface area contributed by atoms with Gasteiger partial charge >= 0.3 is 29.6 Å². The van der Waals surface area contributed by atoms with Crippen molar-refractivity contribution in [3.63, 3.8) is 0 Å². The van der Waals surface area contributed by atoms with Crippen molar-refractivity contribution in [2.45, 2.75) is 108 Å². The second-order valence-electron chi connectivity index (χ2n) is 7.11. The minimum atomic E-state index is -4.21. The molecule has 0 amide bonds. The summed E-state index contributed by atoms with van der Waals surface area (Å²) in [5.74, 6) is -0.129. The predicted octanol–water partition coefficient (Wildman–Crippen LogP) is 1.76. The van der Waals surface area contributed by atoms with Crippen molar-refractivity contribution in [2.24, 2.45) is 5.73 Å². The van der Waals surface area contributed by atoms with E-state index in [1.54, 1.807) is 0 Å². The van der Waals surface area contributed by atoms with Gasteiger partial charge in [0.15, 0.2) is 0 Å². The Morgan fingerprint density at radius 3 is 1.62 bits per heavy atom. The number of nitrogens with two attached hydrogens (primary N) is 1. The molecule has 3 N–H and O–H groups in total. The summed E-state index contributed by atoms with van der Waals surface area (Å²) in [7, 11) is -4.21. The molecule has 0 spiro atoms. The Morgan fingerprint density at radius 1 is 0.885 bits per heavy atom. The number of hydrogen-bond donors (Lipinski definition) is 2. The van der Waals surface area contributed by atoms with Gasteiger partial charge in [-0.05, 0) is 6.42 Å². The Bertz CT molecular complexity index is 435. The quantitative estimate of drug-likeness (QED) is 0.207. The van der Waals surface area contributed by atoms with Crippen LogP contribution in [-0.4, -0.2) is 30.5 Å². The van der Waals surface area contributed by atoms with Crippen LogP contribution in [-0.2, 0) is 14.9 Å². The van der Waals surface area contributed by atoms with Gasteiger partial charge in [0.05, 0.1) is 0 Å². The van der Waals surface area contributed by atoms with Crippen molar-refractivity contribution in [3.05, 3.63) is 0 Å². The van der Waals surface area contributed by atoms with E-state index >= 15 is 0 Å². The molecule has 0 aliphatic heterocycles. The first-order valence-corrected chi connectivity index (χ1v) is 11.6. The zero-order valence-corrected chi connectivity index (χ0v) is 19.9. The number of ketones is 1. The van der Waals surface area contributed by atoms with Gasteiger partial charge in [0.1, 0.15) is 11.0 Å². The van der Waals surface area contributed by atoms with Gasteiger partial charge in [-0.25, -0.2) is 0 Å². The van der Waals surface area contributed by atoms with E-state index in [2.05, 4.69) is 6.92 Å². The fraction of sp³-hybridized carbons (Fsp3) is 0.947. The van der Waals surface area contributed by atoms with Crippen molar-refractivity contribution in [2.75, 3.05) is 6.54 Å². The maximum atomic E-state index is 11.7. The fourth-order valence-corrected chi connectivity index (χ4v) is 3.65. The van der Waals surface area contributed by atoms with Crippen LogP contribution < -0.4 is 35.3 Å². The SMILES string of the molecule is CCCCCCCCCCCCCCCC(=O)CC(CN)S(=O)(=O)O.[H-].[Na+]. The van der Waals surface area contributed by atoms with Crippen LogP contribution in [0, 0.1) is 0 Å². The molecule has 7 heteroatoms. The molecule has 0 fully saturated rings. The topological polar surface area (TPSA) is 97.5 Å². The fourth-order valence-electron chi connectivity index (χ4n) is 3.01. The average Bonchev–Trinajstić information content (AvgIpc) is 2.55. The van der Waals surface area contributed by atoms with Gasteiger partial charge in [0.25, 0.3) is 10.1 Å². The van der Waals surface area contributed by atoms with Crippen LogP contribution in [0.3, 0.4) is 0 Å². The van der Waals surface area contributed by atoms with Crippen LogP contribution in [0.25, 0.3) is 0 Å². The smallest absolute Gasteiger partial charge is 1.00 e. The summed E-state index contributed by atoms with van der Waals surface area (Å²) in [6.45, 7) is 2.02. The molecule has 0 aromatic heterocycles. The summed E-state index contributed by atoms with van der Waals surface area (Å²) in [6.07, 6.45) is 16.4. The van der Waals surface area contributed by atoms with E-state index in [4.69, 9.17) is 10.3 Å². The third-order valence-corrected chi connectivity index (χ3v) is 5.90. The largest absolute Gasteiger partial charge is 1.00 e. The molecule has 0 saturated heterocycles. The Balaban J connectivity index is -0.00000288. The molecule has 1 unspecified atom stereocenters.